The average Bonchev–Trinajstić information content (AvgIpc) is 3.47. The highest BCUT2D eigenvalue weighted by Gasteiger charge is 2.40. The summed E-state index contributed by atoms with van der Waals surface area (Å²) in [6.45, 7) is 6.60. The Balaban J connectivity index is 1.75. The number of nitrogens with zero attached hydrogens (tertiary/aromatic N) is 1. The Morgan fingerprint density at radius 1 is 1.02 bits per heavy atom. The Morgan fingerprint density at radius 2 is 1.73 bits per heavy atom. The van der Waals surface area contributed by atoms with Crippen molar-refractivity contribution in [2.24, 2.45) is 0 Å². The number of amides is 5. The van der Waals surface area contributed by atoms with E-state index in [2.05, 4.69) is 34.8 Å². The summed E-state index contributed by atoms with van der Waals surface area (Å²) in [6.07, 6.45) is 12.9. The van der Waals surface area contributed by atoms with Crippen molar-refractivity contribution < 1.29 is 28.7 Å². The van der Waals surface area contributed by atoms with Gasteiger partial charge in [0.1, 0.15) is 12.1 Å². The maximum absolute atomic E-state index is 13.8. The zero-order valence-electron chi connectivity index (χ0n) is 24.6. The summed E-state index contributed by atoms with van der Waals surface area (Å²) >= 11 is 0. The van der Waals surface area contributed by atoms with E-state index in [1.165, 1.54) is 11.0 Å². The lowest BCUT2D eigenvalue weighted by Crippen LogP contribution is -2.60. The molecule has 41 heavy (non-hydrogen) atoms. The number of ketones is 1. The lowest BCUT2D eigenvalue weighted by molar-refractivity contribution is -0.143. The van der Waals surface area contributed by atoms with E-state index in [0.29, 0.717) is 38.8 Å². The molecule has 2 aliphatic heterocycles. The van der Waals surface area contributed by atoms with Crippen LogP contribution in [0.1, 0.15) is 96.8 Å². The molecule has 0 unspecified atom stereocenters. The first-order chi connectivity index (χ1) is 19.8. The summed E-state index contributed by atoms with van der Waals surface area (Å²) in [5.41, 5.74) is -0.278. The zero-order valence-corrected chi connectivity index (χ0v) is 24.6. The number of Topliss-reactive ketones (excluding diaryl/α,β-unsaturated/α-hetero) is 1. The van der Waals surface area contributed by atoms with Gasteiger partial charge in [-0.25, -0.2) is 4.79 Å². The van der Waals surface area contributed by atoms with E-state index in [4.69, 9.17) is 4.74 Å². The van der Waals surface area contributed by atoms with E-state index in [9.17, 15) is 24.0 Å². The molecule has 1 saturated carbocycles. The number of rotatable bonds is 7. The lowest BCUT2D eigenvalue weighted by Gasteiger charge is -2.38. The van der Waals surface area contributed by atoms with E-state index in [1.807, 2.05) is 0 Å². The van der Waals surface area contributed by atoms with Gasteiger partial charge in [-0.3, -0.25) is 19.2 Å². The highest BCUT2D eigenvalue weighted by molar-refractivity contribution is 6.38. The van der Waals surface area contributed by atoms with Gasteiger partial charge in [0, 0.05) is 25.2 Å². The second kappa shape index (κ2) is 16.5. The van der Waals surface area contributed by atoms with Crippen LogP contribution in [0.15, 0.2) is 12.7 Å². The Morgan fingerprint density at radius 3 is 2.46 bits per heavy atom. The molecule has 4 N–H and O–H groups in total. The minimum Gasteiger partial charge on any atom is -0.379 e. The minimum absolute atomic E-state index is 0.0147. The molecule has 2 saturated heterocycles. The minimum atomic E-state index is -0.971. The van der Waals surface area contributed by atoms with Crippen molar-refractivity contribution in [3.8, 4) is 0 Å². The molecule has 0 aromatic heterocycles. The maximum Gasteiger partial charge on any atom is 0.315 e. The second-order valence-corrected chi connectivity index (χ2v) is 11.6. The van der Waals surface area contributed by atoms with Crippen molar-refractivity contribution in [2.45, 2.75) is 120 Å². The van der Waals surface area contributed by atoms with E-state index >= 15 is 0 Å². The summed E-state index contributed by atoms with van der Waals surface area (Å²) in [5.74, 6) is -2.31. The van der Waals surface area contributed by atoms with Crippen LogP contribution < -0.4 is 21.3 Å². The molecule has 3 rings (SSSR count). The van der Waals surface area contributed by atoms with Gasteiger partial charge in [0.25, 0.3) is 5.91 Å². The SMILES string of the molecule is C=CCNC(=O)C(=O)[C@@H]1CCCCCCCOC[C@H](NC(=O)NC2(CC)CCCCC2)C(=O)N2CCC[C@H]2C(=O)N1. The average molecular weight is 576 g/mol. The number of fused-ring (bicyclic) bond motifs is 1. The van der Waals surface area contributed by atoms with E-state index in [-0.39, 0.29) is 24.6 Å². The molecule has 3 atom stereocenters. The Labute approximate surface area is 243 Å². The highest BCUT2D eigenvalue weighted by Crippen LogP contribution is 2.30. The maximum atomic E-state index is 13.8. The van der Waals surface area contributed by atoms with Crippen LogP contribution in [0, 0.1) is 0 Å². The molecule has 5 amide bonds. The van der Waals surface area contributed by atoms with Crippen molar-refractivity contribution in [3.63, 3.8) is 0 Å². The largest absolute Gasteiger partial charge is 0.379 e. The third-order valence-corrected chi connectivity index (χ3v) is 8.64. The number of carbonyl (C=O) groups excluding carboxylic acids is 5. The normalized spacial score (nSPS) is 26.3. The molecular weight excluding hydrogens is 526 g/mol. The van der Waals surface area contributed by atoms with Gasteiger partial charge in [0.2, 0.25) is 17.6 Å². The van der Waals surface area contributed by atoms with Gasteiger partial charge in [-0.15, -0.1) is 6.58 Å². The molecule has 0 radical (unpaired) electrons. The van der Waals surface area contributed by atoms with Crippen LogP contribution in [0.5, 0.6) is 0 Å². The molecule has 3 aliphatic rings. The van der Waals surface area contributed by atoms with Crippen LogP contribution in [0.25, 0.3) is 0 Å². The number of ether oxygens (including phenoxy) is 1. The van der Waals surface area contributed by atoms with Crippen molar-refractivity contribution in [2.75, 3.05) is 26.3 Å². The van der Waals surface area contributed by atoms with Crippen molar-refractivity contribution in [1.29, 1.82) is 0 Å². The number of hydrogen-bond donors (Lipinski definition) is 4. The molecule has 0 aromatic rings. The van der Waals surface area contributed by atoms with E-state index in [0.717, 1.165) is 64.2 Å². The Kier molecular flexibility index (Phi) is 13.1. The number of nitrogens with one attached hydrogen (secondary N) is 4. The fraction of sp³-hybridized carbons (Fsp3) is 0.767. The van der Waals surface area contributed by atoms with Crippen molar-refractivity contribution in [1.82, 2.24) is 26.2 Å². The smallest absolute Gasteiger partial charge is 0.315 e. The first-order valence-corrected chi connectivity index (χ1v) is 15.5. The van der Waals surface area contributed by atoms with Gasteiger partial charge >= 0.3 is 6.03 Å². The summed E-state index contributed by atoms with van der Waals surface area (Å²) in [6, 6.07) is -3.12. The summed E-state index contributed by atoms with van der Waals surface area (Å²) in [4.78, 5) is 67.1. The van der Waals surface area contributed by atoms with Crippen LogP contribution in [0.2, 0.25) is 0 Å². The summed E-state index contributed by atoms with van der Waals surface area (Å²) in [7, 11) is 0. The molecule has 1 aliphatic carbocycles. The van der Waals surface area contributed by atoms with Gasteiger partial charge in [-0.05, 0) is 44.9 Å². The lowest BCUT2D eigenvalue weighted by atomic mass is 9.80. The standard InChI is InChI=1S/C30H49N5O6/c1-3-18-31-27(38)25(36)22-14-9-6-5-7-12-20-41-21-23(28(39)35-19-13-15-24(35)26(37)32-22)33-29(40)34-30(4-2)16-10-8-11-17-30/h3,22-24H,1,4-21H2,2H3,(H,31,38)(H,32,37)(H2,33,34,40)/t22-,23-,24-/m0/s1. The zero-order chi connectivity index (χ0) is 29.7. The first kappa shape index (κ1) is 32.6. The molecule has 11 nitrogen and oxygen atoms in total. The van der Waals surface area contributed by atoms with E-state index < -0.39 is 41.8 Å². The molecule has 3 fully saturated rings. The number of urea groups is 1. The van der Waals surface area contributed by atoms with E-state index in [1.54, 1.807) is 0 Å². The van der Waals surface area contributed by atoms with Gasteiger partial charge in [0.15, 0.2) is 0 Å². The van der Waals surface area contributed by atoms with Gasteiger partial charge in [0.05, 0.1) is 12.6 Å². The Hall–Kier alpha value is -2.95. The monoisotopic (exact) mass is 575 g/mol. The van der Waals surface area contributed by atoms with Gasteiger partial charge < -0.3 is 30.9 Å². The van der Waals surface area contributed by atoms with Gasteiger partial charge in [-0.2, -0.15) is 0 Å². The Bertz CT molecular complexity index is 934. The topological polar surface area (TPSA) is 146 Å². The van der Waals surface area contributed by atoms with Crippen LogP contribution in [-0.4, -0.2) is 84.4 Å². The predicted molar refractivity (Wildman–Crippen MR) is 155 cm³/mol. The van der Waals surface area contributed by atoms with Crippen LogP contribution >= 0.6 is 0 Å². The third kappa shape index (κ3) is 9.55. The second-order valence-electron chi connectivity index (χ2n) is 11.6. The van der Waals surface area contributed by atoms with Crippen LogP contribution in [0.4, 0.5) is 4.79 Å². The predicted octanol–water partition coefficient (Wildman–Crippen LogP) is 2.49. The molecular formula is C30H49N5O6. The summed E-state index contributed by atoms with van der Waals surface area (Å²) in [5, 5.41) is 11.3. The number of carbonyl (C=O) groups is 5. The molecule has 230 valence electrons. The van der Waals surface area contributed by atoms with Crippen LogP contribution in [0.3, 0.4) is 0 Å². The highest BCUT2D eigenvalue weighted by atomic mass is 16.5. The van der Waals surface area contributed by atoms with Gasteiger partial charge in [-0.1, -0.05) is 57.9 Å². The fourth-order valence-corrected chi connectivity index (χ4v) is 6.14. The van der Waals surface area contributed by atoms with Crippen molar-refractivity contribution in [3.05, 3.63) is 12.7 Å². The fourth-order valence-electron chi connectivity index (χ4n) is 6.14. The molecule has 0 aromatic carbocycles. The van der Waals surface area contributed by atoms with Crippen LogP contribution in [-0.2, 0) is 23.9 Å². The third-order valence-electron chi connectivity index (χ3n) is 8.64. The molecule has 2 heterocycles. The number of hydrogen-bond acceptors (Lipinski definition) is 6. The molecule has 0 bridgehead atoms. The van der Waals surface area contributed by atoms with Crippen molar-refractivity contribution >= 4 is 29.5 Å². The molecule has 0 spiro atoms. The molecule has 11 heteroatoms. The first-order valence-electron chi connectivity index (χ1n) is 15.5. The summed E-state index contributed by atoms with van der Waals surface area (Å²) < 4.78 is 5.86. The quantitative estimate of drug-likeness (QED) is 0.271.